The quantitative estimate of drug-likeness (QED) is 0.724. The Morgan fingerprint density at radius 2 is 1.90 bits per heavy atom. The molecule has 2 fully saturated rings. The molecule has 1 aliphatic carbocycles. The van der Waals surface area contributed by atoms with Crippen LogP contribution in [0, 0.1) is 5.92 Å². The van der Waals surface area contributed by atoms with Crippen molar-refractivity contribution in [2.75, 3.05) is 19.6 Å². The number of hydrogen-bond donors (Lipinski definition) is 2. The number of carbonyl (C=O) groups excluding carboxylic acids is 2. The molecule has 1 atom stereocenters. The van der Waals surface area contributed by atoms with Gasteiger partial charge in [0.1, 0.15) is 11.5 Å². The van der Waals surface area contributed by atoms with E-state index in [1.807, 2.05) is 54.6 Å². The Labute approximate surface area is 171 Å². The molecule has 152 valence electrons. The molecule has 0 bridgehead atoms. The van der Waals surface area contributed by atoms with Gasteiger partial charge in [0, 0.05) is 26.2 Å². The Kier molecular flexibility index (Phi) is 6.10. The van der Waals surface area contributed by atoms with Gasteiger partial charge >= 0.3 is 0 Å². The summed E-state index contributed by atoms with van der Waals surface area (Å²) in [5, 5.41) is 5.86. The molecule has 2 aromatic carbocycles. The average molecular weight is 393 g/mol. The molecule has 2 amide bonds. The molecule has 1 aliphatic heterocycles. The van der Waals surface area contributed by atoms with Crippen molar-refractivity contribution in [1.82, 2.24) is 15.5 Å². The van der Waals surface area contributed by atoms with E-state index in [0.29, 0.717) is 19.0 Å². The van der Waals surface area contributed by atoms with Crippen LogP contribution in [0.2, 0.25) is 0 Å². The summed E-state index contributed by atoms with van der Waals surface area (Å²) in [6.45, 7) is 2.64. The number of hydrogen-bond acceptors (Lipinski definition) is 4. The molecule has 0 aromatic heterocycles. The third-order valence-corrected chi connectivity index (χ3v) is 5.37. The van der Waals surface area contributed by atoms with Crippen LogP contribution in [0.15, 0.2) is 54.6 Å². The van der Waals surface area contributed by atoms with Crippen LogP contribution in [0.3, 0.4) is 0 Å². The maximum absolute atomic E-state index is 12.4. The molecule has 0 radical (unpaired) electrons. The lowest BCUT2D eigenvalue weighted by molar-refractivity contribution is -0.134. The van der Waals surface area contributed by atoms with Gasteiger partial charge < -0.3 is 15.4 Å². The monoisotopic (exact) mass is 393 g/mol. The molecule has 0 spiro atoms. The van der Waals surface area contributed by atoms with E-state index in [1.54, 1.807) is 0 Å². The van der Waals surface area contributed by atoms with Crippen molar-refractivity contribution in [3.8, 4) is 11.5 Å². The SMILES string of the molecule is O=C(C[C@@H]1C(=O)NCCN1Cc1cccc(Oc2ccccc2)c1)NCC1CC1. The van der Waals surface area contributed by atoms with E-state index < -0.39 is 6.04 Å². The molecular formula is C23H27N3O3. The number of nitrogens with zero attached hydrogens (tertiary/aromatic N) is 1. The summed E-state index contributed by atoms with van der Waals surface area (Å²) >= 11 is 0. The molecule has 1 saturated heterocycles. The Morgan fingerprint density at radius 3 is 2.69 bits per heavy atom. The Balaban J connectivity index is 1.39. The third-order valence-electron chi connectivity index (χ3n) is 5.37. The zero-order chi connectivity index (χ0) is 20.1. The molecule has 2 aliphatic rings. The lowest BCUT2D eigenvalue weighted by atomic mass is 10.1. The largest absolute Gasteiger partial charge is 0.457 e. The molecule has 2 aromatic rings. The van der Waals surface area contributed by atoms with Crippen molar-refractivity contribution in [2.45, 2.75) is 31.8 Å². The van der Waals surface area contributed by atoms with Gasteiger partial charge in [-0.25, -0.2) is 0 Å². The first-order valence-corrected chi connectivity index (χ1v) is 10.3. The van der Waals surface area contributed by atoms with E-state index in [9.17, 15) is 9.59 Å². The number of nitrogens with one attached hydrogen (secondary N) is 2. The highest BCUT2D eigenvalue weighted by Gasteiger charge is 2.32. The smallest absolute Gasteiger partial charge is 0.237 e. The van der Waals surface area contributed by atoms with Crippen molar-refractivity contribution in [2.24, 2.45) is 5.92 Å². The highest BCUT2D eigenvalue weighted by atomic mass is 16.5. The third kappa shape index (κ3) is 5.57. The molecule has 29 heavy (non-hydrogen) atoms. The van der Waals surface area contributed by atoms with E-state index in [1.165, 1.54) is 12.8 Å². The molecule has 6 heteroatoms. The predicted octanol–water partition coefficient (Wildman–Crippen LogP) is 2.70. The number of rotatable bonds is 8. The summed E-state index contributed by atoms with van der Waals surface area (Å²) in [5.41, 5.74) is 1.05. The summed E-state index contributed by atoms with van der Waals surface area (Å²) in [5.74, 6) is 2.04. The van der Waals surface area contributed by atoms with Crippen LogP contribution in [0.25, 0.3) is 0 Å². The van der Waals surface area contributed by atoms with Gasteiger partial charge in [-0.2, -0.15) is 0 Å². The molecule has 0 unspecified atom stereocenters. The minimum atomic E-state index is -0.443. The summed E-state index contributed by atoms with van der Waals surface area (Å²) in [4.78, 5) is 26.8. The zero-order valence-electron chi connectivity index (χ0n) is 16.5. The van der Waals surface area contributed by atoms with Gasteiger partial charge in [-0.1, -0.05) is 30.3 Å². The fourth-order valence-corrected chi connectivity index (χ4v) is 3.57. The maximum atomic E-state index is 12.4. The summed E-state index contributed by atoms with van der Waals surface area (Å²) < 4.78 is 5.92. The first kappa shape index (κ1) is 19.5. The Morgan fingerprint density at radius 1 is 1.10 bits per heavy atom. The second-order valence-electron chi connectivity index (χ2n) is 7.79. The van der Waals surface area contributed by atoms with Crippen molar-refractivity contribution in [3.05, 3.63) is 60.2 Å². The summed E-state index contributed by atoms with van der Waals surface area (Å²) in [7, 11) is 0. The summed E-state index contributed by atoms with van der Waals surface area (Å²) in [6, 6.07) is 17.1. The number of benzene rings is 2. The number of ether oxygens (including phenoxy) is 1. The lowest BCUT2D eigenvalue weighted by Gasteiger charge is -2.34. The van der Waals surface area contributed by atoms with E-state index in [4.69, 9.17) is 4.74 Å². The first-order chi connectivity index (χ1) is 14.2. The van der Waals surface area contributed by atoms with Crippen molar-refractivity contribution in [3.63, 3.8) is 0 Å². The predicted molar refractivity (Wildman–Crippen MR) is 111 cm³/mol. The highest BCUT2D eigenvalue weighted by Crippen LogP contribution is 2.27. The van der Waals surface area contributed by atoms with Gasteiger partial charge in [0.15, 0.2) is 0 Å². The first-order valence-electron chi connectivity index (χ1n) is 10.3. The van der Waals surface area contributed by atoms with Gasteiger partial charge in [-0.15, -0.1) is 0 Å². The number of piperazine rings is 1. The number of amides is 2. The maximum Gasteiger partial charge on any atom is 0.237 e. The zero-order valence-corrected chi connectivity index (χ0v) is 16.5. The van der Waals surface area contributed by atoms with Crippen molar-refractivity contribution in [1.29, 1.82) is 0 Å². The fraction of sp³-hybridized carbons (Fsp3) is 0.391. The van der Waals surface area contributed by atoms with Crippen LogP contribution in [0.5, 0.6) is 11.5 Å². The minimum absolute atomic E-state index is 0.0508. The molecular weight excluding hydrogens is 366 g/mol. The molecule has 1 heterocycles. The molecule has 6 nitrogen and oxygen atoms in total. The van der Waals surface area contributed by atoms with E-state index >= 15 is 0 Å². The average Bonchev–Trinajstić information content (AvgIpc) is 3.55. The van der Waals surface area contributed by atoms with Crippen LogP contribution >= 0.6 is 0 Å². The van der Waals surface area contributed by atoms with Gasteiger partial charge in [0.2, 0.25) is 11.8 Å². The summed E-state index contributed by atoms with van der Waals surface area (Å²) in [6.07, 6.45) is 2.58. The van der Waals surface area contributed by atoms with Crippen LogP contribution in [0.1, 0.15) is 24.8 Å². The topological polar surface area (TPSA) is 70.7 Å². The van der Waals surface area contributed by atoms with Gasteiger partial charge in [-0.05, 0) is 48.6 Å². The highest BCUT2D eigenvalue weighted by molar-refractivity contribution is 5.88. The normalized spacial score (nSPS) is 19.4. The van der Waals surface area contributed by atoms with Gasteiger partial charge in [-0.3, -0.25) is 14.5 Å². The van der Waals surface area contributed by atoms with Crippen LogP contribution in [-0.4, -0.2) is 42.4 Å². The van der Waals surface area contributed by atoms with Crippen molar-refractivity contribution >= 4 is 11.8 Å². The fourth-order valence-electron chi connectivity index (χ4n) is 3.57. The minimum Gasteiger partial charge on any atom is -0.457 e. The van der Waals surface area contributed by atoms with Crippen LogP contribution < -0.4 is 15.4 Å². The van der Waals surface area contributed by atoms with E-state index in [-0.39, 0.29) is 18.2 Å². The Bertz CT molecular complexity index is 851. The second kappa shape index (κ2) is 9.09. The molecule has 2 N–H and O–H groups in total. The Hall–Kier alpha value is -2.86. The number of carbonyl (C=O) groups is 2. The van der Waals surface area contributed by atoms with Gasteiger partial charge in [0.25, 0.3) is 0 Å². The van der Waals surface area contributed by atoms with Crippen LogP contribution in [-0.2, 0) is 16.1 Å². The van der Waals surface area contributed by atoms with Crippen LogP contribution in [0.4, 0.5) is 0 Å². The molecule has 1 saturated carbocycles. The lowest BCUT2D eigenvalue weighted by Crippen LogP contribution is -2.56. The second-order valence-corrected chi connectivity index (χ2v) is 7.79. The van der Waals surface area contributed by atoms with E-state index in [2.05, 4.69) is 15.5 Å². The van der Waals surface area contributed by atoms with E-state index in [0.717, 1.165) is 30.2 Å². The molecule has 4 rings (SSSR count). The standard InChI is InChI=1S/C23H27N3O3/c27-22(25-15-17-9-10-17)14-21-23(28)24-11-12-26(21)16-18-5-4-8-20(13-18)29-19-6-2-1-3-7-19/h1-8,13,17,21H,9-12,14-16H2,(H,24,28)(H,25,27)/t21-/m1/s1. The van der Waals surface area contributed by atoms with Gasteiger partial charge in [0.05, 0.1) is 12.5 Å². The van der Waals surface area contributed by atoms with Crippen molar-refractivity contribution < 1.29 is 14.3 Å². The number of para-hydroxylation sites is 1.